The van der Waals surface area contributed by atoms with Gasteiger partial charge in [-0.3, -0.25) is 4.79 Å². The Kier molecular flexibility index (Phi) is 3.93. The van der Waals surface area contributed by atoms with Gasteiger partial charge in [0.15, 0.2) is 0 Å². The Morgan fingerprint density at radius 1 is 1.67 bits per heavy atom. The molecule has 0 aromatic carbocycles. The first-order valence-corrected chi connectivity index (χ1v) is 6.73. The van der Waals surface area contributed by atoms with Crippen molar-refractivity contribution in [3.8, 4) is 0 Å². The molecule has 0 spiro atoms. The number of hydrogen-bond donors (Lipinski definition) is 2. The molecule has 1 aliphatic carbocycles. The zero-order valence-electron chi connectivity index (χ0n) is 10.4. The minimum Gasteiger partial charge on any atom is -0.392 e. The van der Waals surface area contributed by atoms with Crippen LogP contribution in [0.5, 0.6) is 0 Å². The van der Waals surface area contributed by atoms with Crippen LogP contribution in [0.3, 0.4) is 0 Å². The van der Waals surface area contributed by atoms with E-state index >= 15 is 0 Å². The van der Waals surface area contributed by atoms with Crippen LogP contribution in [-0.4, -0.2) is 28.6 Å². The molecule has 2 rings (SSSR count). The van der Waals surface area contributed by atoms with Crippen molar-refractivity contribution in [1.29, 1.82) is 0 Å². The predicted octanol–water partition coefficient (Wildman–Crippen LogP) is 1.66. The molecular formula is C13H16N2O2S. The lowest BCUT2D eigenvalue weighted by molar-refractivity contribution is -0.117. The normalized spacial score (nSPS) is 16.2. The molecule has 1 heterocycles. The molecule has 2 N–H and O–H groups in total. The van der Waals surface area contributed by atoms with Crippen LogP contribution in [0.2, 0.25) is 0 Å². The van der Waals surface area contributed by atoms with Crippen molar-refractivity contribution in [2.24, 2.45) is 0 Å². The molecule has 0 radical (unpaired) electrons. The Labute approximate surface area is 110 Å². The van der Waals surface area contributed by atoms with E-state index in [4.69, 9.17) is 5.11 Å². The standard InChI is InChI=1S/C13H16N2O2S/c1-8(16)6-14-13(17)11-4-3-10(5-11)12-7-18-9(2)15-12/h3,5,7-8,16H,4,6H2,1-2H3,(H,14,17). The Bertz CT molecular complexity index is 515. The summed E-state index contributed by atoms with van der Waals surface area (Å²) in [5.74, 6) is -0.117. The topological polar surface area (TPSA) is 62.2 Å². The zero-order chi connectivity index (χ0) is 13.1. The number of hydrogen-bond acceptors (Lipinski definition) is 4. The van der Waals surface area contributed by atoms with Crippen LogP contribution in [0.25, 0.3) is 5.57 Å². The number of aromatic nitrogens is 1. The van der Waals surface area contributed by atoms with Gasteiger partial charge in [-0.05, 0) is 31.9 Å². The summed E-state index contributed by atoms with van der Waals surface area (Å²) in [5.41, 5.74) is 2.65. The van der Waals surface area contributed by atoms with Crippen LogP contribution < -0.4 is 5.32 Å². The lowest BCUT2D eigenvalue weighted by Gasteiger charge is -2.06. The number of aryl methyl sites for hydroxylation is 1. The van der Waals surface area contributed by atoms with Crippen molar-refractivity contribution >= 4 is 22.8 Å². The summed E-state index contributed by atoms with van der Waals surface area (Å²) in [5, 5.41) is 14.8. The minimum absolute atomic E-state index is 0.117. The fraction of sp³-hybridized carbons (Fsp3) is 0.385. The first-order chi connectivity index (χ1) is 8.56. The van der Waals surface area contributed by atoms with Gasteiger partial charge in [-0.2, -0.15) is 0 Å². The smallest absolute Gasteiger partial charge is 0.247 e. The Hall–Kier alpha value is -1.46. The second kappa shape index (κ2) is 5.46. The second-order valence-corrected chi connectivity index (χ2v) is 5.41. The van der Waals surface area contributed by atoms with Gasteiger partial charge in [-0.1, -0.05) is 6.08 Å². The van der Waals surface area contributed by atoms with Gasteiger partial charge in [0.2, 0.25) is 5.91 Å². The number of carbonyl (C=O) groups excluding carboxylic acids is 1. The maximum Gasteiger partial charge on any atom is 0.247 e. The van der Waals surface area contributed by atoms with E-state index in [0.29, 0.717) is 6.42 Å². The summed E-state index contributed by atoms with van der Waals surface area (Å²) >= 11 is 1.60. The highest BCUT2D eigenvalue weighted by atomic mass is 32.1. The average Bonchev–Trinajstić information content (AvgIpc) is 2.93. The molecule has 1 amide bonds. The van der Waals surface area contributed by atoms with Crippen LogP contribution in [0.15, 0.2) is 23.1 Å². The number of aliphatic hydroxyl groups excluding tert-OH is 1. The van der Waals surface area contributed by atoms with E-state index in [2.05, 4.69) is 10.3 Å². The van der Waals surface area contributed by atoms with Gasteiger partial charge in [0, 0.05) is 17.5 Å². The van der Waals surface area contributed by atoms with E-state index < -0.39 is 6.10 Å². The first-order valence-electron chi connectivity index (χ1n) is 5.86. The van der Waals surface area contributed by atoms with Gasteiger partial charge in [0.25, 0.3) is 0 Å². The third-order valence-electron chi connectivity index (χ3n) is 2.64. The summed E-state index contributed by atoms with van der Waals surface area (Å²) in [6, 6.07) is 0. The maximum absolute atomic E-state index is 11.8. The maximum atomic E-state index is 11.8. The quantitative estimate of drug-likeness (QED) is 0.869. The number of nitrogens with zero attached hydrogens (tertiary/aromatic N) is 1. The van der Waals surface area contributed by atoms with Crippen molar-refractivity contribution in [2.75, 3.05) is 6.54 Å². The van der Waals surface area contributed by atoms with E-state index in [-0.39, 0.29) is 12.5 Å². The van der Waals surface area contributed by atoms with E-state index in [1.54, 1.807) is 18.3 Å². The fourth-order valence-corrected chi connectivity index (χ4v) is 2.33. The lowest BCUT2D eigenvalue weighted by atomic mass is 10.2. The summed E-state index contributed by atoms with van der Waals surface area (Å²) in [6.45, 7) is 3.88. The van der Waals surface area contributed by atoms with Gasteiger partial charge < -0.3 is 10.4 Å². The molecule has 1 aromatic rings. The first kappa shape index (κ1) is 13.0. The molecule has 96 valence electrons. The third kappa shape index (κ3) is 3.05. The average molecular weight is 264 g/mol. The summed E-state index contributed by atoms with van der Waals surface area (Å²) < 4.78 is 0. The van der Waals surface area contributed by atoms with Crippen LogP contribution in [0.4, 0.5) is 0 Å². The molecule has 0 saturated carbocycles. The van der Waals surface area contributed by atoms with Gasteiger partial charge in [0.05, 0.1) is 16.8 Å². The number of aliphatic hydroxyl groups is 1. The fourth-order valence-electron chi connectivity index (χ4n) is 1.71. The number of carbonyl (C=O) groups is 1. The summed E-state index contributed by atoms with van der Waals surface area (Å²) in [7, 11) is 0. The van der Waals surface area contributed by atoms with Crippen molar-refractivity contribution in [3.05, 3.63) is 33.8 Å². The van der Waals surface area contributed by atoms with Crippen LogP contribution in [0.1, 0.15) is 24.0 Å². The molecular weight excluding hydrogens is 248 g/mol. The highest BCUT2D eigenvalue weighted by molar-refractivity contribution is 7.09. The lowest BCUT2D eigenvalue weighted by Crippen LogP contribution is -2.31. The van der Waals surface area contributed by atoms with Crippen LogP contribution in [0, 0.1) is 6.92 Å². The summed E-state index contributed by atoms with van der Waals surface area (Å²) in [6.07, 6.45) is 3.97. The summed E-state index contributed by atoms with van der Waals surface area (Å²) in [4.78, 5) is 16.2. The van der Waals surface area contributed by atoms with Gasteiger partial charge >= 0.3 is 0 Å². The van der Waals surface area contributed by atoms with E-state index in [0.717, 1.165) is 21.8 Å². The number of nitrogens with one attached hydrogen (secondary N) is 1. The molecule has 0 bridgehead atoms. The molecule has 1 atom stereocenters. The highest BCUT2D eigenvalue weighted by Crippen LogP contribution is 2.27. The number of amides is 1. The number of rotatable bonds is 4. The number of allylic oxidation sites excluding steroid dienone is 3. The van der Waals surface area contributed by atoms with Crippen molar-refractivity contribution in [3.63, 3.8) is 0 Å². The molecule has 1 aliphatic rings. The van der Waals surface area contributed by atoms with E-state index in [1.165, 1.54) is 0 Å². The van der Waals surface area contributed by atoms with Gasteiger partial charge in [-0.15, -0.1) is 11.3 Å². The Morgan fingerprint density at radius 2 is 2.44 bits per heavy atom. The van der Waals surface area contributed by atoms with Crippen LogP contribution >= 0.6 is 11.3 Å². The van der Waals surface area contributed by atoms with Crippen molar-refractivity contribution in [1.82, 2.24) is 10.3 Å². The van der Waals surface area contributed by atoms with E-state index in [9.17, 15) is 4.79 Å². The largest absolute Gasteiger partial charge is 0.392 e. The molecule has 1 unspecified atom stereocenters. The molecule has 1 aromatic heterocycles. The van der Waals surface area contributed by atoms with Crippen molar-refractivity contribution in [2.45, 2.75) is 26.4 Å². The molecule has 4 nitrogen and oxygen atoms in total. The molecule has 18 heavy (non-hydrogen) atoms. The highest BCUT2D eigenvalue weighted by Gasteiger charge is 2.16. The molecule has 0 fully saturated rings. The second-order valence-electron chi connectivity index (χ2n) is 4.34. The molecule has 0 aliphatic heterocycles. The zero-order valence-corrected chi connectivity index (χ0v) is 11.3. The molecule has 0 saturated heterocycles. The Balaban J connectivity index is 2.00. The predicted molar refractivity (Wildman–Crippen MR) is 72.2 cm³/mol. The third-order valence-corrected chi connectivity index (χ3v) is 3.41. The van der Waals surface area contributed by atoms with Crippen LogP contribution in [-0.2, 0) is 4.79 Å². The molecule has 5 heteroatoms. The Morgan fingerprint density at radius 3 is 3.06 bits per heavy atom. The monoisotopic (exact) mass is 264 g/mol. The van der Waals surface area contributed by atoms with Crippen molar-refractivity contribution < 1.29 is 9.90 Å². The number of thiazole rings is 1. The van der Waals surface area contributed by atoms with E-state index in [1.807, 2.05) is 24.5 Å². The minimum atomic E-state index is -0.524. The van der Waals surface area contributed by atoms with Gasteiger partial charge in [0.1, 0.15) is 0 Å². The van der Waals surface area contributed by atoms with Gasteiger partial charge in [-0.25, -0.2) is 4.98 Å². The SMILES string of the molecule is Cc1nc(C2=CCC(C(=O)NCC(C)O)=C2)cs1.